The standard InChI is InChI=1S/C17H15ClFN3O/c18-11-5-3-6-12(19)16(11)17(23)20-10-4-9-15-21-13-7-1-2-8-14(13)22-15/h1-3,5-8H,4,9-10H2,(H,20,23)(H,21,22). The summed E-state index contributed by atoms with van der Waals surface area (Å²) in [6, 6.07) is 12.0. The van der Waals surface area contributed by atoms with E-state index in [1.807, 2.05) is 24.3 Å². The predicted molar refractivity (Wildman–Crippen MR) is 88.2 cm³/mol. The van der Waals surface area contributed by atoms with Crippen molar-refractivity contribution in [3.8, 4) is 0 Å². The average molecular weight is 332 g/mol. The molecular weight excluding hydrogens is 317 g/mol. The highest BCUT2D eigenvalue weighted by Crippen LogP contribution is 2.18. The summed E-state index contributed by atoms with van der Waals surface area (Å²) in [6.45, 7) is 0.417. The number of aromatic amines is 1. The molecule has 0 bridgehead atoms. The molecule has 1 amide bonds. The first-order valence-corrected chi connectivity index (χ1v) is 7.69. The van der Waals surface area contributed by atoms with Gasteiger partial charge in [0.05, 0.1) is 21.6 Å². The third-order valence-electron chi connectivity index (χ3n) is 3.50. The Hall–Kier alpha value is -2.40. The lowest BCUT2D eigenvalue weighted by Gasteiger charge is -2.07. The molecule has 1 aromatic heterocycles. The second-order valence-corrected chi connectivity index (χ2v) is 5.56. The van der Waals surface area contributed by atoms with Crippen molar-refractivity contribution in [3.05, 3.63) is 64.7 Å². The lowest BCUT2D eigenvalue weighted by molar-refractivity contribution is 0.0949. The SMILES string of the molecule is O=C(NCCCc1nc2ccccc2[nH]1)c1c(F)cccc1Cl. The number of nitrogens with zero attached hydrogens (tertiary/aromatic N) is 1. The van der Waals surface area contributed by atoms with Gasteiger partial charge in [-0.15, -0.1) is 0 Å². The molecule has 0 saturated heterocycles. The number of carbonyl (C=O) groups excluding carboxylic acids is 1. The van der Waals surface area contributed by atoms with E-state index in [1.54, 1.807) is 0 Å². The Bertz CT molecular complexity index is 793. The highest BCUT2D eigenvalue weighted by Gasteiger charge is 2.14. The third-order valence-corrected chi connectivity index (χ3v) is 3.82. The molecule has 1 heterocycles. The number of amides is 1. The Morgan fingerprint density at radius 1 is 1.22 bits per heavy atom. The summed E-state index contributed by atoms with van der Waals surface area (Å²) in [7, 11) is 0. The van der Waals surface area contributed by atoms with Gasteiger partial charge in [-0.1, -0.05) is 29.8 Å². The minimum Gasteiger partial charge on any atom is -0.352 e. The van der Waals surface area contributed by atoms with Crippen LogP contribution in [-0.2, 0) is 6.42 Å². The summed E-state index contributed by atoms with van der Waals surface area (Å²) < 4.78 is 13.6. The van der Waals surface area contributed by atoms with Gasteiger partial charge in [-0.05, 0) is 30.7 Å². The van der Waals surface area contributed by atoms with Gasteiger partial charge < -0.3 is 10.3 Å². The van der Waals surface area contributed by atoms with Crippen molar-refractivity contribution in [2.45, 2.75) is 12.8 Å². The van der Waals surface area contributed by atoms with E-state index in [4.69, 9.17) is 11.6 Å². The van der Waals surface area contributed by atoms with Gasteiger partial charge in [-0.3, -0.25) is 4.79 Å². The number of nitrogens with one attached hydrogen (secondary N) is 2. The minimum atomic E-state index is -0.618. The quantitative estimate of drug-likeness (QED) is 0.700. The van der Waals surface area contributed by atoms with Crippen molar-refractivity contribution in [1.29, 1.82) is 0 Å². The molecule has 2 aromatic carbocycles. The molecule has 3 rings (SSSR count). The zero-order valence-corrected chi connectivity index (χ0v) is 13.0. The van der Waals surface area contributed by atoms with Crippen LogP contribution in [0.3, 0.4) is 0 Å². The van der Waals surface area contributed by atoms with E-state index in [-0.39, 0.29) is 10.6 Å². The van der Waals surface area contributed by atoms with Crippen LogP contribution in [0.25, 0.3) is 11.0 Å². The number of carbonyl (C=O) groups is 1. The fraction of sp³-hybridized carbons (Fsp3) is 0.176. The van der Waals surface area contributed by atoms with E-state index in [0.717, 1.165) is 16.9 Å². The molecule has 0 spiro atoms. The maximum atomic E-state index is 13.6. The topological polar surface area (TPSA) is 57.8 Å². The highest BCUT2D eigenvalue weighted by molar-refractivity contribution is 6.33. The van der Waals surface area contributed by atoms with Crippen LogP contribution in [0, 0.1) is 5.82 Å². The Kier molecular flexibility index (Phi) is 4.57. The van der Waals surface area contributed by atoms with Crippen LogP contribution in [0.2, 0.25) is 5.02 Å². The highest BCUT2D eigenvalue weighted by atomic mass is 35.5. The molecule has 0 radical (unpaired) electrons. The van der Waals surface area contributed by atoms with Gasteiger partial charge in [0.1, 0.15) is 11.6 Å². The third kappa shape index (κ3) is 3.51. The number of H-pyrrole nitrogens is 1. The van der Waals surface area contributed by atoms with Crippen LogP contribution < -0.4 is 5.32 Å². The summed E-state index contributed by atoms with van der Waals surface area (Å²) in [4.78, 5) is 19.7. The summed E-state index contributed by atoms with van der Waals surface area (Å²) in [5, 5.41) is 2.79. The van der Waals surface area contributed by atoms with E-state index >= 15 is 0 Å². The van der Waals surface area contributed by atoms with Crippen molar-refractivity contribution in [1.82, 2.24) is 15.3 Å². The number of hydrogen-bond acceptors (Lipinski definition) is 2. The van der Waals surface area contributed by atoms with E-state index < -0.39 is 11.7 Å². The number of fused-ring (bicyclic) bond motifs is 1. The van der Waals surface area contributed by atoms with Crippen LogP contribution in [0.1, 0.15) is 22.6 Å². The van der Waals surface area contributed by atoms with Crippen LogP contribution in [0.4, 0.5) is 4.39 Å². The van der Waals surface area contributed by atoms with E-state index in [1.165, 1.54) is 18.2 Å². The van der Waals surface area contributed by atoms with Crippen LogP contribution in [-0.4, -0.2) is 22.4 Å². The second-order valence-electron chi connectivity index (χ2n) is 5.16. The van der Waals surface area contributed by atoms with Gasteiger partial charge in [-0.25, -0.2) is 9.37 Å². The summed E-state index contributed by atoms with van der Waals surface area (Å²) >= 11 is 5.86. The zero-order valence-electron chi connectivity index (χ0n) is 12.3. The molecule has 6 heteroatoms. The fourth-order valence-corrected chi connectivity index (χ4v) is 2.63. The average Bonchev–Trinajstić information content (AvgIpc) is 2.94. The van der Waals surface area contributed by atoms with Crippen molar-refractivity contribution >= 4 is 28.5 Å². The first-order valence-electron chi connectivity index (χ1n) is 7.31. The Morgan fingerprint density at radius 2 is 2.04 bits per heavy atom. The largest absolute Gasteiger partial charge is 0.352 e. The molecular formula is C17H15ClFN3O. The Morgan fingerprint density at radius 3 is 2.83 bits per heavy atom. The Labute approximate surface area is 137 Å². The lowest BCUT2D eigenvalue weighted by atomic mass is 10.2. The van der Waals surface area contributed by atoms with Crippen molar-refractivity contribution in [3.63, 3.8) is 0 Å². The number of rotatable bonds is 5. The maximum absolute atomic E-state index is 13.6. The minimum absolute atomic E-state index is 0.111. The molecule has 0 aliphatic carbocycles. The molecule has 0 aliphatic heterocycles. The monoisotopic (exact) mass is 331 g/mol. The number of halogens is 2. The number of benzene rings is 2. The van der Waals surface area contributed by atoms with Crippen LogP contribution in [0.5, 0.6) is 0 Å². The lowest BCUT2D eigenvalue weighted by Crippen LogP contribution is -2.26. The molecule has 4 nitrogen and oxygen atoms in total. The molecule has 0 aliphatic rings. The molecule has 0 saturated carbocycles. The number of hydrogen-bond donors (Lipinski definition) is 2. The van der Waals surface area contributed by atoms with E-state index in [0.29, 0.717) is 19.4 Å². The molecule has 0 atom stereocenters. The molecule has 0 fully saturated rings. The molecule has 0 unspecified atom stereocenters. The van der Waals surface area contributed by atoms with Crippen molar-refractivity contribution in [2.24, 2.45) is 0 Å². The van der Waals surface area contributed by atoms with Gasteiger partial charge in [0.2, 0.25) is 0 Å². The van der Waals surface area contributed by atoms with Crippen LogP contribution in [0.15, 0.2) is 42.5 Å². The summed E-state index contributed by atoms with van der Waals surface area (Å²) in [5.41, 5.74) is 1.80. The summed E-state index contributed by atoms with van der Waals surface area (Å²) in [5.74, 6) is -0.255. The second kappa shape index (κ2) is 6.79. The van der Waals surface area contributed by atoms with Gasteiger partial charge >= 0.3 is 0 Å². The number of para-hydroxylation sites is 2. The van der Waals surface area contributed by atoms with E-state index in [2.05, 4.69) is 15.3 Å². The first kappa shape index (κ1) is 15.5. The van der Waals surface area contributed by atoms with Gasteiger partial charge in [-0.2, -0.15) is 0 Å². The van der Waals surface area contributed by atoms with Gasteiger partial charge in [0.15, 0.2) is 0 Å². The summed E-state index contributed by atoms with van der Waals surface area (Å²) in [6.07, 6.45) is 1.39. The molecule has 118 valence electrons. The maximum Gasteiger partial charge on any atom is 0.255 e. The smallest absolute Gasteiger partial charge is 0.255 e. The van der Waals surface area contributed by atoms with Gasteiger partial charge in [0, 0.05) is 13.0 Å². The predicted octanol–water partition coefficient (Wildman–Crippen LogP) is 3.72. The first-order chi connectivity index (χ1) is 11.1. The van der Waals surface area contributed by atoms with Crippen molar-refractivity contribution < 1.29 is 9.18 Å². The molecule has 3 aromatic rings. The van der Waals surface area contributed by atoms with Crippen LogP contribution >= 0.6 is 11.6 Å². The molecule has 2 N–H and O–H groups in total. The number of imidazole rings is 1. The molecule has 23 heavy (non-hydrogen) atoms. The normalized spacial score (nSPS) is 10.9. The number of aromatic nitrogens is 2. The fourth-order valence-electron chi connectivity index (χ4n) is 2.38. The van der Waals surface area contributed by atoms with E-state index in [9.17, 15) is 9.18 Å². The zero-order chi connectivity index (χ0) is 16.2. The Balaban J connectivity index is 1.54. The van der Waals surface area contributed by atoms with Gasteiger partial charge in [0.25, 0.3) is 5.91 Å². The van der Waals surface area contributed by atoms with Crippen molar-refractivity contribution in [2.75, 3.05) is 6.54 Å². The number of aryl methyl sites for hydroxylation is 1.